The number of carbonyl (C=O) groups is 4. The number of nitrogens with zero attached hydrogens (tertiary/aromatic N) is 1. The van der Waals surface area contributed by atoms with Gasteiger partial charge < -0.3 is 4.74 Å². The first-order valence-corrected chi connectivity index (χ1v) is 12.3. The van der Waals surface area contributed by atoms with Crippen LogP contribution in [0.4, 0.5) is 5.69 Å². The highest BCUT2D eigenvalue weighted by Crippen LogP contribution is 2.58. The van der Waals surface area contributed by atoms with Crippen molar-refractivity contribution in [1.82, 2.24) is 0 Å². The lowest BCUT2D eigenvalue weighted by Crippen LogP contribution is -2.51. The van der Waals surface area contributed by atoms with Crippen molar-refractivity contribution in [2.45, 2.75) is 11.7 Å². The third kappa shape index (κ3) is 2.79. The second kappa shape index (κ2) is 7.68. The molecule has 0 radical (unpaired) electrons. The average Bonchev–Trinajstić information content (AvgIpc) is 3.49. The molecule has 4 aromatic rings. The molecule has 0 saturated carbocycles. The molecule has 7 heteroatoms. The van der Waals surface area contributed by atoms with Crippen LogP contribution in [0.1, 0.15) is 32.4 Å². The van der Waals surface area contributed by atoms with Gasteiger partial charge in [-0.1, -0.05) is 84.4 Å². The van der Waals surface area contributed by atoms with E-state index in [1.807, 2.05) is 30.3 Å². The largest absolute Gasteiger partial charge is 0.349 e. The second-order valence-corrected chi connectivity index (χ2v) is 9.98. The van der Waals surface area contributed by atoms with E-state index in [4.69, 9.17) is 16.3 Å². The predicted molar refractivity (Wildman–Crippen MR) is 137 cm³/mol. The van der Waals surface area contributed by atoms with Gasteiger partial charge in [0.1, 0.15) is 0 Å². The van der Waals surface area contributed by atoms with Gasteiger partial charge in [-0.15, -0.1) is 0 Å². The third-order valence-electron chi connectivity index (χ3n) is 7.73. The van der Waals surface area contributed by atoms with E-state index in [9.17, 15) is 19.2 Å². The Balaban J connectivity index is 1.44. The number of benzene rings is 4. The number of fused-ring (bicyclic) bond motifs is 4. The van der Waals surface area contributed by atoms with Gasteiger partial charge in [0, 0.05) is 21.5 Å². The molecule has 2 heterocycles. The molecule has 1 spiro atoms. The van der Waals surface area contributed by atoms with Crippen molar-refractivity contribution in [3.05, 3.63) is 113 Å². The maximum absolute atomic E-state index is 14.2. The summed E-state index contributed by atoms with van der Waals surface area (Å²) in [6, 6.07) is 25.9. The zero-order valence-corrected chi connectivity index (χ0v) is 20.0. The zero-order chi connectivity index (χ0) is 25.5. The number of Topliss-reactive ketones (excluding diaryl/α,β-unsaturated/α-hetero) is 2. The Kier molecular flexibility index (Phi) is 4.59. The van der Waals surface area contributed by atoms with Crippen LogP contribution in [-0.2, 0) is 14.3 Å². The Morgan fingerprint density at radius 3 is 2.03 bits per heavy atom. The molecular weight excluding hydrogens is 490 g/mol. The molecular formula is C30H18ClNO5. The molecule has 37 heavy (non-hydrogen) atoms. The van der Waals surface area contributed by atoms with E-state index in [0.29, 0.717) is 16.3 Å². The number of ether oxygens (including phenoxy) is 1. The summed E-state index contributed by atoms with van der Waals surface area (Å²) in [6.45, 7) is 0. The van der Waals surface area contributed by atoms with Crippen LogP contribution in [0.25, 0.3) is 10.8 Å². The molecule has 0 aromatic heterocycles. The lowest BCUT2D eigenvalue weighted by atomic mass is 9.77. The van der Waals surface area contributed by atoms with Crippen LogP contribution in [0, 0.1) is 11.8 Å². The number of hydrogen-bond acceptors (Lipinski definition) is 5. The van der Waals surface area contributed by atoms with Gasteiger partial charge in [-0.3, -0.25) is 19.2 Å². The van der Waals surface area contributed by atoms with Gasteiger partial charge in [0.05, 0.1) is 23.6 Å². The smallest absolute Gasteiger partial charge is 0.241 e. The summed E-state index contributed by atoms with van der Waals surface area (Å²) in [5.74, 6) is -4.64. The lowest BCUT2D eigenvalue weighted by Gasteiger charge is -2.27. The molecule has 0 N–H and O–H groups in total. The van der Waals surface area contributed by atoms with Gasteiger partial charge >= 0.3 is 0 Å². The van der Waals surface area contributed by atoms with Crippen molar-refractivity contribution in [2.75, 3.05) is 4.90 Å². The highest BCUT2D eigenvalue weighted by molar-refractivity contribution is 6.37. The summed E-state index contributed by atoms with van der Waals surface area (Å²) < 4.78 is 6.31. The normalized spacial score (nSPS) is 23.8. The zero-order valence-electron chi connectivity index (χ0n) is 19.3. The number of ketones is 2. The van der Waals surface area contributed by atoms with Crippen molar-refractivity contribution in [3.63, 3.8) is 0 Å². The maximum atomic E-state index is 14.2. The first-order chi connectivity index (χ1) is 17.9. The minimum atomic E-state index is -2.11. The molecule has 2 saturated heterocycles. The summed E-state index contributed by atoms with van der Waals surface area (Å²) in [4.78, 5) is 57.1. The lowest BCUT2D eigenvalue weighted by molar-refractivity contribution is -0.127. The number of amides is 2. The van der Waals surface area contributed by atoms with Crippen molar-refractivity contribution in [1.29, 1.82) is 0 Å². The van der Waals surface area contributed by atoms with E-state index in [-0.39, 0.29) is 11.1 Å². The summed E-state index contributed by atoms with van der Waals surface area (Å²) >= 11 is 6.09. The van der Waals surface area contributed by atoms with Crippen LogP contribution >= 0.6 is 11.6 Å². The van der Waals surface area contributed by atoms with E-state index in [1.54, 1.807) is 60.7 Å². The van der Waals surface area contributed by atoms with Gasteiger partial charge in [0.25, 0.3) is 0 Å². The molecule has 0 unspecified atom stereocenters. The molecule has 7 rings (SSSR count). The molecule has 2 aliphatic heterocycles. The Morgan fingerprint density at radius 1 is 0.703 bits per heavy atom. The molecule has 1 aliphatic carbocycles. The number of hydrogen-bond donors (Lipinski definition) is 0. The predicted octanol–water partition coefficient (Wildman–Crippen LogP) is 5.19. The second-order valence-electron chi connectivity index (χ2n) is 9.54. The highest BCUT2D eigenvalue weighted by Gasteiger charge is 2.74. The van der Waals surface area contributed by atoms with Crippen molar-refractivity contribution in [2.24, 2.45) is 11.8 Å². The molecule has 0 bridgehead atoms. The minimum absolute atomic E-state index is 0.201. The van der Waals surface area contributed by atoms with Gasteiger partial charge in [0.2, 0.25) is 29.0 Å². The topological polar surface area (TPSA) is 80.8 Å². The van der Waals surface area contributed by atoms with E-state index in [2.05, 4.69) is 0 Å². The molecule has 4 aromatic carbocycles. The van der Waals surface area contributed by atoms with Crippen LogP contribution in [-0.4, -0.2) is 29.0 Å². The molecule has 3 atom stereocenters. The monoisotopic (exact) mass is 507 g/mol. The average molecular weight is 508 g/mol. The highest BCUT2D eigenvalue weighted by atomic mass is 35.5. The Hall–Kier alpha value is -4.13. The van der Waals surface area contributed by atoms with Gasteiger partial charge in [-0.05, 0) is 29.1 Å². The Morgan fingerprint density at radius 2 is 1.32 bits per heavy atom. The van der Waals surface area contributed by atoms with Crippen LogP contribution in [0.5, 0.6) is 0 Å². The number of anilines is 1. The van der Waals surface area contributed by atoms with Crippen molar-refractivity contribution in [3.8, 4) is 0 Å². The first kappa shape index (κ1) is 22.1. The summed E-state index contributed by atoms with van der Waals surface area (Å²) in [7, 11) is 0. The number of rotatable bonds is 2. The van der Waals surface area contributed by atoms with Crippen LogP contribution in [0.3, 0.4) is 0 Å². The first-order valence-electron chi connectivity index (χ1n) is 11.9. The quantitative estimate of drug-likeness (QED) is 0.275. The van der Waals surface area contributed by atoms with Crippen LogP contribution < -0.4 is 4.90 Å². The van der Waals surface area contributed by atoms with Crippen LogP contribution in [0.2, 0.25) is 5.02 Å². The van der Waals surface area contributed by atoms with Crippen molar-refractivity contribution < 1.29 is 23.9 Å². The summed E-state index contributed by atoms with van der Waals surface area (Å²) in [5.41, 5.74) is -0.722. The molecule has 6 nitrogen and oxygen atoms in total. The van der Waals surface area contributed by atoms with E-state index < -0.39 is 46.9 Å². The Bertz CT molecular complexity index is 1640. The van der Waals surface area contributed by atoms with Crippen molar-refractivity contribution >= 4 is 51.4 Å². The molecule has 2 fully saturated rings. The minimum Gasteiger partial charge on any atom is -0.349 e. The fraction of sp³-hybridized carbons (Fsp3) is 0.133. The Labute approximate surface area is 216 Å². The van der Waals surface area contributed by atoms with Gasteiger partial charge in [-0.25, -0.2) is 4.90 Å². The number of imide groups is 1. The SMILES string of the molecule is O=C1[C@H]2[C@@H](C(=O)N1c1cccc3ccccc13)C1(O[C@H]2c2ccc(Cl)cc2)C(=O)c2ccccc2C1=O. The maximum Gasteiger partial charge on any atom is 0.241 e. The van der Waals surface area contributed by atoms with Gasteiger partial charge in [0.15, 0.2) is 0 Å². The third-order valence-corrected chi connectivity index (χ3v) is 7.98. The fourth-order valence-electron chi connectivity index (χ4n) is 6.11. The molecule has 2 amide bonds. The van der Waals surface area contributed by atoms with E-state index in [1.165, 1.54) is 0 Å². The summed E-state index contributed by atoms with van der Waals surface area (Å²) in [5, 5.41) is 2.06. The standard InChI is InChI=1S/C30H18ClNO5/c31-18-14-12-17(13-15-18)25-23-24(30(37-25)26(33)20-9-3-4-10-21(20)27(30)34)29(36)32(28(23)35)22-11-5-7-16-6-1-2-8-19(16)22/h1-15,23-25H/t23-,24-,25-/m0/s1. The number of carbonyl (C=O) groups excluding carboxylic acids is 4. The molecule has 3 aliphatic rings. The van der Waals surface area contributed by atoms with E-state index >= 15 is 0 Å². The number of halogens is 1. The van der Waals surface area contributed by atoms with Crippen LogP contribution in [0.15, 0.2) is 91.0 Å². The summed E-state index contributed by atoms with van der Waals surface area (Å²) in [6.07, 6.45) is -0.985. The van der Waals surface area contributed by atoms with E-state index in [0.717, 1.165) is 15.7 Å². The fourth-order valence-corrected chi connectivity index (χ4v) is 6.24. The molecule has 180 valence electrons. The van der Waals surface area contributed by atoms with Gasteiger partial charge in [-0.2, -0.15) is 0 Å².